The van der Waals surface area contributed by atoms with Crippen molar-refractivity contribution in [2.24, 2.45) is 0 Å². The summed E-state index contributed by atoms with van der Waals surface area (Å²) in [6, 6.07) is 21.2. The number of aromatic carboxylic acids is 1. The lowest BCUT2D eigenvalue weighted by Crippen LogP contribution is -2.48. The molecule has 0 saturated carbocycles. The van der Waals surface area contributed by atoms with Crippen molar-refractivity contribution in [2.75, 3.05) is 48.2 Å². The van der Waals surface area contributed by atoms with Crippen LogP contribution in [0.4, 0.5) is 11.4 Å². The molecule has 1 saturated heterocycles. The van der Waals surface area contributed by atoms with Crippen LogP contribution in [0.5, 0.6) is 0 Å². The van der Waals surface area contributed by atoms with Crippen LogP contribution >= 0.6 is 0 Å². The first-order valence-corrected chi connectivity index (χ1v) is 16.4. The molecule has 10 nitrogen and oxygen atoms in total. The minimum atomic E-state index is -4.13. The molecular weight excluding hydrogens is 566 g/mol. The van der Waals surface area contributed by atoms with Crippen molar-refractivity contribution < 1.29 is 31.2 Å². The minimum Gasteiger partial charge on any atom is -0.475 e. The van der Waals surface area contributed by atoms with E-state index in [9.17, 15) is 26.7 Å². The van der Waals surface area contributed by atoms with E-state index in [1.54, 1.807) is 19.1 Å². The summed E-state index contributed by atoms with van der Waals surface area (Å²) in [6.07, 6.45) is 1.64. The molecule has 0 amide bonds. The molecule has 0 spiro atoms. The van der Waals surface area contributed by atoms with Gasteiger partial charge in [0, 0.05) is 43.7 Å². The summed E-state index contributed by atoms with van der Waals surface area (Å²) in [5, 5.41) is 9.88. The van der Waals surface area contributed by atoms with E-state index >= 15 is 0 Å². The van der Waals surface area contributed by atoms with E-state index in [0.29, 0.717) is 60.5 Å². The quantitative estimate of drug-likeness (QED) is 0.307. The number of carboxylic acid groups (broad SMARTS) is 1. The fourth-order valence-corrected chi connectivity index (χ4v) is 7.47. The third kappa shape index (κ3) is 5.81. The van der Waals surface area contributed by atoms with Crippen molar-refractivity contribution in [1.82, 2.24) is 4.31 Å². The van der Waals surface area contributed by atoms with Crippen LogP contribution in [-0.2, 0) is 26.5 Å². The van der Waals surface area contributed by atoms with E-state index in [-0.39, 0.29) is 17.2 Å². The molecule has 12 heteroatoms. The number of anilines is 2. The van der Waals surface area contributed by atoms with Crippen molar-refractivity contribution in [3.8, 4) is 0 Å². The number of benzene rings is 3. The van der Waals surface area contributed by atoms with Crippen LogP contribution in [0.1, 0.15) is 21.7 Å². The zero-order chi connectivity index (χ0) is 29.4. The van der Waals surface area contributed by atoms with Crippen LogP contribution in [0.2, 0.25) is 0 Å². The number of carboxylic acids is 1. The van der Waals surface area contributed by atoms with Crippen molar-refractivity contribution >= 4 is 48.4 Å². The van der Waals surface area contributed by atoms with E-state index in [4.69, 9.17) is 4.42 Å². The number of sulfonamides is 2. The number of para-hydroxylation sites is 2. The number of nitrogens with zero attached hydrogens (tertiary/aromatic N) is 3. The predicted molar refractivity (Wildman–Crippen MR) is 158 cm³/mol. The van der Waals surface area contributed by atoms with Gasteiger partial charge in [-0.1, -0.05) is 42.5 Å². The van der Waals surface area contributed by atoms with Gasteiger partial charge in [-0.05, 0) is 49.2 Å². The Morgan fingerprint density at radius 1 is 0.927 bits per heavy atom. The number of fused-ring (bicyclic) bond motifs is 1. The largest absolute Gasteiger partial charge is 0.475 e. The number of carbonyl (C=O) groups is 1. The van der Waals surface area contributed by atoms with Crippen LogP contribution in [-0.4, -0.2) is 71.2 Å². The summed E-state index contributed by atoms with van der Waals surface area (Å²) >= 11 is 0. The van der Waals surface area contributed by atoms with Gasteiger partial charge in [-0.15, -0.1) is 0 Å². The van der Waals surface area contributed by atoms with Crippen LogP contribution in [0.15, 0.2) is 82.1 Å². The van der Waals surface area contributed by atoms with Crippen LogP contribution in [0.3, 0.4) is 0 Å². The monoisotopic (exact) mass is 597 g/mol. The maximum absolute atomic E-state index is 14.3. The average molecular weight is 598 g/mol. The Morgan fingerprint density at radius 2 is 1.59 bits per heavy atom. The SMILES string of the molecule is Cc1c(C(=O)O)oc2ccc(S(=O)(=O)N(CCc3ccccc3)c3ccccc3N3CCN(S(C)(=O)=O)CC3)cc12. The van der Waals surface area contributed by atoms with Gasteiger partial charge in [0.2, 0.25) is 15.8 Å². The molecule has 1 aliphatic heterocycles. The molecule has 0 bridgehead atoms. The van der Waals surface area contributed by atoms with Gasteiger partial charge in [-0.3, -0.25) is 4.31 Å². The molecule has 2 heterocycles. The normalized spacial score (nSPS) is 14.8. The molecule has 1 aliphatic rings. The molecule has 4 aromatic rings. The molecule has 0 aliphatic carbocycles. The third-order valence-electron chi connectivity index (χ3n) is 7.34. The standard InChI is InChI=1S/C29H31N3O7S2/c1-21-24-20-23(12-13-27(24)39-28(21)29(33)34)41(37,38)32(15-14-22-8-4-3-5-9-22)26-11-7-6-10-25(26)30-16-18-31(19-17-30)40(2,35)36/h3-13,20H,14-19H2,1-2H3,(H,33,34). The highest BCUT2D eigenvalue weighted by molar-refractivity contribution is 7.92. The molecule has 1 fully saturated rings. The lowest BCUT2D eigenvalue weighted by Gasteiger charge is -2.37. The highest BCUT2D eigenvalue weighted by Crippen LogP contribution is 2.36. The molecule has 1 N–H and O–H groups in total. The van der Waals surface area contributed by atoms with Crippen molar-refractivity contribution in [3.63, 3.8) is 0 Å². The smallest absolute Gasteiger partial charge is 0.372 e. The van der Waals surface area contributed by atoms with Crippen LogP contribution in [0, 0.1) is 6.92 Å². The summed E-state index contributed by atoms with van der Waals surface area (Å²) in [4.78, 5) is 13.6. The molecule has 0 atom stereocenters. The van der Waals surface area contributed by atoms with Gasteiger partial charge in [0.15, 0.2) is 0 Å². The summed E-state index contributed by atoms with van der Waals surface area (Å²) in [7, 11) is -7.45. The van der Waals surface area contributed by atoms with E-state index < -0.39 is 26.0 Å². The summed E-state index contributed by atoms with van der Waals surface area (Å²) in [5.74, 6) is -1.45. The van der Waals surface area contributed by atoms with Gasteiger partial charge in [0.1, 0.15) is 5.58 Å². The van der Waals surface area contributed by atoms with Gasteiger partial charge in [-0.25, -0.2) is 21.6 Å². The molecule has 1 aromatic heterocycles. The Kier molecular flexibility index (Phi) is 7.82. The lowest BCUT2D eigenvalue weighted by molar-refractivity contribution is 0.0664. The van der Waals surface area contributed by atoms with Gasteiger partial charge < -0.3 is 14.4 Å². The maximum Gasteiger partial charge on any atom is 0.372 e. The molecule has 5 rings (SSSR count). The maximum atomic E-state index is 14.3. The average Bonchev–Trinajstić information content (AvgIpc) is 3.29. The first kappa shape index (κ1) is 28.7. The summed E-state index contributed by atoms with van der Waals surface area (Å²) < 4.78 is 61.0. The molecule has 41 heavy (non-hydrogen) atoms. The predicted octanol–water partition coefficient (Wildman–Crippen LogP) is 3.96. The number of hydrogen-bond acceptors (Lipinski definition) is 7. The second-order valence-electron chi connectivity index (χ2n) is 9.97. The Balaban J connectivity index is 1.56. The van der Waals surface area contributed by atoms with E-state index in [2.05, 4.69) is 0 Å². The topological polar surface area (TPSA) is 128 Å². The second-order valence-corrected chi connectivity index (χ2v) is 13.8. The molecule has 3 aromatic carbocycles. The number of rotatable bonds is 9. The van der Waals surface area contributed by atoms with Crippen molar-refractivity contribution in [2.45, 2.75) is 18.2 Å². The number of aryl methyl sites for hydroxylation is 1. The van der Waals surface area contributed by atoms with Crippen molar-refractivity contribution in [3.05, 3.63) is 89.7 Å². The van der Waals surface area contributed by atoms with E-state index in [1.165, 1.54) is 33.1 Å². The number of piperazine rings is 1. The van der Waals surface area contributed by atoms with Crippen LogP contribution in [0.25, 0.3) is 11.0 Å². The molecule has 216 valence electrons. The third-order valence-corrected chi connectivity index (χ3v) is 10.4. The van der Waals surface area contributed by atoms with E-state index in [0.717, 1.165) is 5.56 Å². The number of furan rings is 1. The zero-order valence-corrected chi connectivity index (χ0v) is 24.4. The van der Waals surface area contributed by atoms with Crippen molar-refractivity contribution in [1.29, 1.82) is 0 Å². The van der Waals surface area contributed by atoms with E-state index in [1.807, 2.05) is 47.4 Å². The Bertz CT molecular complexity index is 1790. The minimum absolute atomic E-state index is 0.00981. The Hall–Kier alpha value is -3.87. The zero-order valence-electron chi connectivity index (χ0n) is 22.7. The highest BCUT2D eigenvalue weighted by atomic mass is 32.2. The summed E-state index contributed by atoms with van der Waals surface area (Å²) in [5.41, 5.74) is 2.78. The first-order chi connectivity index (χ1) is 19.5. The Morgan fingerprint density at radius 3 is 2.24 bits per heavy atom. The molecular formula is C29H31N3O7S2. The van der Waals surface area contributed by atoms with Gasteiger partial charge >= 0.3 is 5.97 Å². The highest BCUT2D eigenvalue weighted by Gasteiger charge is 2.31. The molecule has 0 radical (unpaired) electrons. The fraction of sp³-hybridized carbons (Fsp3) is 0.276. The second kappa shape index (κ2) is 11.2. The first-order valence-electron chi connectivity index (χ1n) is 13.1. The number of hydrogen-bond donors (Lipinski definition) is 1. The van der Waals surface area contributed by atoms with Crippen LogP contribution < -0.4 is 9.21 Å². The molecule has 0 unspecified atom stereocenters. The van der Waals surface area contributed by atoms with Gasteiger partial charge in [-0.2, -0.15) is 4.31 Å². The lowest BCUT2D eigenvalue weighted by atomic mass is 10.1. The van der Waals surface area contributed by atoms with Gasteiger partial charge in [0.25, 0.3) is 10.0 Å². The summed E-state index contributed by atoms with van der Waals surface area (Å²) in [6.45, 7) is 3.15. The Labute approximate surface area is 239 Å². The fourth-order valence-electron chi connectivity index (χ4n) is 5.14. The van der Waals surface area contributed by atoms with Gasteiger partial charge in [0.05, 0.1) is 22.5 Å².